The minimum absolute atomic E-state index is 0.310. The molecule has 0 saturated carbocycles. The predicted molar refractivity (Wildman–Crippen MR) is 171 cm³/mol. The number of rotatable bonds is 18. The molecule has 0 aliphatic carbocycles. The molecular weight excluding hydrogens is 496 g/mol. The lowest BCUT2D eigenvalue weighted by molar-refractivity contribution is 0.223. The zero-order valence-corrected chi connectivity index (χ0v) is 27.1. The molecule has 2 aromatic carbocycles. The van der Waals surface area contributed by atoms with E-state index in [9.17, 15) is 10.2 Å². The van der Waals surface area contributed by atoms with Gasteiger partial charge in [-0.3, -0.25) is 0 Å². The average Bonchev–Trinajstić information content (AvgIpc) is 2.89. The van der Waals surface area contributed by atoms with Gasteiger partial charge in [0.15, 0.2) is 0 Å². The Balaban J connectivity index is 2.34. The summed E-state index contributed by atoms with van der Waals surface area (Å²) in [6, 6.07) is 11.8. The van der Waals surface area contributed by atoms with E-state index in [4.69, 9.17) is 0 Å². The Hall–Kier alpha value is -1.61. The smallest absolute Gasteiger partial charge is 0.116 e. The molecule has 2 N–H and O–H groups in total. The highest BCUT2D eigenvalue weighted by molar-refractivity contribution is 7.99. The molecule has 39 heavy (non-hydrogen) atoms. The van der Waals surface area contributed by atoms with Crippen molar-refractivity contribution in [2.24, 2.45) is 35.5 Å². The summed E-state index contributed by atoms with van der Waals surface area (Å²) in [6.45, 7) is 18.9. The first kappa shape index (κ1) is 33.6. The van der Waals surface area contributed by atoms with Crippen molar-refractivity contribution in [2.45, 2.75) is 129 Å². The van der Waals surface area contributed by atoms with E-state index < -0.39 is 0 Å². The average molecular weight is 555 g/mol. The molecule has 0 amide bonds. The first-order valence-corrected chi connectivity index (χ1v) is 16.8. The Kier molecular flexibility index (Phi) is 14.9. The molecule has 6 unspecified atom stereocenters. The fourth-order valence-corrected chi connectivity index (χ4v) is 8.16. The molecule has 0 fully saturated rings. The Morgan fingerprint density at radius 2 is 0.897 bits per heavy atom. The zero-order chi connectivity index (χ0) is 28.9. The molecule has 6 atom stereocenters. The highest BCUT2D eigenvalue weighted by Crippen LogP contribution is 2.41. The first-order valence-electron chi connectivity index (χ1n) is 16.0. The Morgan fingerprint density at radius 1 is 0.538 bits per heavy atom. The molecule has 0 aliphatic rings. The molecule has 0 heterocycles. The van der Waals surface area contributed by atoms with E-state index in [2.05, 4.69) is 67.5 Å². The Bertz CT molecular complexity index is 893. The van der Waals surface area contributed by atoms with E-state index in [1.165, 1.54) is 62.5 Å². The summed E-state index contributed by atoms with van der Waals surface area (Å²) >= 11 is 1.72. The maximum absolute atomic E-state index is 10.5. The number of hydrogen-bond donors (Lipinski definition) is 2. The third kappa shape index (κ3) is 10.4. The van der Waals surface area contributed by atoms with E-state index >= 15 is 0 Å². The standard InChI is InChI=1S/C36H58O2S/c1-9-13-25(5)33(15-11-3)27(7)21-29-17-19-31(37)23-35(29)39-36-24-32(38)20-18-30(36)22-28(8)34(16-12-4)26(6)14-10-2/h17-20,23-28,33-34,37-38H,9-16,21-22H2,1-8H3. The molecule has 220 valence electrons. The van der Waals surface area contributed by atoms with E-state index in [1.54, 1.807) is 11.8 Å². The van der Waals surface area contributed by atoms with E-state index in [0.717, 1.165) is 34.5 Å². The minimum Gasteiger partial charge on any atom is -0.508 e. The van der Waals surface area contributed by atoms with Crippen LogP contribution in [-0.2, 0) is 12.8 Å². The second-order valence-corrected chi connectivity index (χ2v) is 13.6. The van der Waals surface area contributed by atoms with Crippen LogP contribution in [0.5, 0.6) is 11.5 Å². The predicted octanol–water partition coefficient (Wildman–Crippen LogP) is 11.3. The molecule has 0 spiro atoms. The highest BCUT2D eigenvalue weighted by atomic mass is 32.2. The fraction of sp³-hybridized carbons (Fsp3) is 0.667. The summed E-state index contributed by atoms with van der Waals surface area (Å²) in [5.74, 6) is 4.64. The second-order valence-electron chi connectivity index (χ2n) is 12.5. The highest BCUT2D eigenvalue weighted by Gasteiger charge is 2.25. The van der Waals surface area contributed by atoms with E-state index in [1.807, 2.05) is 24.3 Å². The van der Waals surface area contributed by atoms with Crippen LogP contribution in [0, 0.1) is 35.5 Å². The van der Waals surface area contributed by atoms with Crippen molar-refractivity contribution in [3.63, 3.8) is 0 Å². The van der Waals surface area contributed by atoms with Gasteiger partial charge in [0.25, 0.3) is 0 Å². The Labute approximate surface area is 245 Å². The van der Waals surface area contributed by atoms with Crippen LogP contribution in [0.1, 0.15) is 118 Å². The van der Waals surface area contributed by atoms with Gasteiger partial charge in [-0.15, -0.1) is 0 Å². The summed E-state index contributed by atoms with van der Waals surface area (Å²) < 4.78 is 0. The van der Waals surface area contributed by atoms with Crippen molar-refractivity contribution >= 4 is 11.8 Å². The van der Waals surface area contributed by atoms with Crippen LogP contribution in [0.4, 0.5) is 0 Å². The van der Waals surface area contributed by atoms with Crippen LogP contribution < -0.4 is 0 Å². The van der Waals surface area contributed by atoms with Crippen LogP contribution in [0.3, 0.4) is 0 Å². The second kappa shape index (κ2) is 17.3. The van der Waals surface area contributed by atoms with Gasteiger partial charge < -0.3 is 10.2 Å². The fourth-order valence-electron chi connectivity index (χ4n) is 6.99. The molecule has 2 rings (SSSR count). The van der Waals surface area contributed by atoms with Gasteiger partial charge in [0, 0.05) is 9.79 Å². The summed E-state index contributed by atoms with van der Waals surface area (Å²) in [5, 5.41) is 20.9. The molecule has 2 aromatic rings. The van der Waals surface area contributed by atoms with E-state index in [-0.39, 0.29) is 0 Å². The van der Waals surface area contributed by atoms with Crippen LogP contribution >= 0.6 is 11.8 Å². The third-order valence-electron chi connectivity index (χ3n) is 9.06. The van der Waals surface area contributed by atoms with Crippen LogP contribution in [0.2, 0.25) is 0 Å². The number of phenols is 2. The van der Waals surface area contributed by atoms with Crippen molar-refractivity contribution in [1.29, 1.82) is 0 Å². The van der Waals surface area contributed by atoms with E-state index in [0.29, 0.717) is 35.2 Å². The maximum Gasteiger partial charge on any atom is 0.116 e. The minimum atomic E-state index is 0.310. The summed E-state index contributed by atoms with van der Waals surface area (Å²) in [4.78, 5) is 2.23. The number of phenolic OH excluding ortho intramolecular Hbond substituents is 2. The van der Waals surface area contributed by atoms with Gasteiger partial charge in [-0.1, -0.05) is 131 Å². The Morgan fingerprint density at radius 3 is 1.23 bits per heavy atom. The number of hydrogen-bond acceptors (Lipinski definition) is 3. The lowest BCUT2D eigenvalue weighted by Gasteiger charge is -2.30. The summed E-state index contributed by atoms with van der Waals surface area (Å²) in [7, 11) is 0. The summed E-state index contributed by atoms with van der Waals surface area (Å²) in [6.07, 6.45) is 12.1. The van der Waals surface area contributed by atoms with Crippen LogP contribution in [0.25, 0.3) is 0 Å². The molecule has 0 saturated heterocycles. The van der Waals surface area contributed by atoms with Gasteiger partial charge in [-0.05, 0) is 83.7 Å². The van der Waals surface area contributed by atoms with Crippen molar-refractivity contribution in [1.82, 2.24) is 0 Å². The van der Waals surface area contributed by atoms with Crippen LogP contribution in [-0.4, -0.2) is 10.2 Å². The van der Waals surface area contributed by atoms with Gasteiger partial charge in [-0.2, -0.15) is 0 Å². The van der Waals surface area contributed by atoms with Crippen LogP contribution in [0.15, 0.2) is 46.2 Å². The molecule has 2 nitrogen and oxygen atoms in total. The summed E-state index contributed by atoms with van der Waals surface area (Å²) in [5.41, 5.74) is 2.61. The largest absolute Gasteiger partial charge is 0.508 e. The number of aromatic hydroxyl groups is 2. The van der Waals surface area contributed by atoms with Crippen molar-refractivity contribution in [3.8, 4) is 11.5 Å². The molecule has 0 aromatic heterocycles. The number of benzene rings is 2. The zero-order valence-electron chi connectivity index (χ0n) is 26.3. The van der Waals surface area contributed by atoms with Gasteiger partial charge in [0.1, 0.15) is 11.5 Å². The SMILES string of the molecule is CCCC(C)C(CCC)C(C)Cc1ccc(O)cc1Sc1cc(O)ccc1CC(C)C(CCC)C(C)CCC. The van der Waals surface area contributed by atoms with Crippen molar-refractivity contribution in [2.75, 3.05) is 0 Å². The third-order valence-corrected chi connectivity index (χ3v) is 10.3. The van der Waals surface area contributed by atoms with Gasteiger partial charge in [0.05, 0.1) is 0 Å². The van der Waals surface area contributed by atoms with Gasteiger partial charge in [-0.25, -0.2) is 0 Å². The maximum atomic E-state index is 10.5. The molecule has 0 bridgehead atoms. The first-order chi connectivity index (χ1) is 18.6. The molecular formula is C36H58O2S. The lowest BCUT2D eigenvalue weighted by Crippen LogP contribution is -2.22. The lowest BCUT2D eigenvalue weighted by atomic mass is 9.76. The molecule has 0 aliphatic heterocycles. The van der Waals surface area contributed by atoms with Gasteiger partial charge >= 0.3 is 0 Å². The topological polar surface area (TPSA) is 40.5 Å². The van der Waals surface area contributed by atoms with Gasteiger partial charge in [0.2, 0.25) is 0 Å². The normalized spacial score (nSPS) is 16.4. The quantitative estimate of drug-likeness (QED) is 0.192. The molecule has 3 heteroatoms. The van der Waals surface area contributed by atoms with Crippen molar-refractivity contribution in [3.05, 3.63) is 47.5 Å². The monoisotopic (exact) mass is 554 g/mol. The molecule has 0 radical (unpaired) electrons. The van der Waals surface area contributed by atoms with Crippen molar-refractivity contribution < 1.29 is 10.2 Å².